The zero-order chi connectivity index (χ0) is 12.9. The average Bonchev–Trinajstić information content (AvgIpc) is 2.47. The molecule has 6 nitrogen and oxygen atoms in total. The van der Waals surface area contributed by atoms with Crippen LogP contribution in [0.15, 0.2) is 0 Å². The van der Waals surface area contributed by atoms with E-state index in [0.29, 0.717) is 13.2 Å². The summed E-state index contributed by atoms with van der Waals surface area (Å²) >= 11 is 5.82. The molecule has 1 fully saturated rings. The third-order valence-corrected chi connectivity index (χ3v) is 4.63. The molecule has 0 aliphatic carbocycles. The number of alkyl halides is 1. The minimum absolute atomic E-state index is 0.113. The summed E-state index contributed by atoms with van der Waals surface area (Å²) < 4.78 is 32.2. The molecule has 0 aromatic rings. The van der Waals surface area contributed by atoms with Gasteiger partial charge in [0.25, 0.3) is 0 Å². The number of sulfone groups is 1. The molecule has 1 saturated heterocycles. The van der Waals surface area contributed by atoms with Crippen LogP contribution in [0, 0.1) is 0 Å². The summed E-state index contributed by atoms with van der Waals surface area (Å²) in [5, 5.41) is 1.84. The Morgan fingerprint density at radius 1 is 1.41 bits per heavy atom. The molecule has 0 spiro atoms. The van der Waals surface area contributed by atoms with Gasteiger partial charge in [-0.3, -0.25) is 0 Å². The molecule has 0 bridgehead atoms. The van der Waals surface area contributed by atoms with E-state index in [1.54, 1.807) is 0 Å². The minimum Gasteiger partial charge on any atom is -0.447 e. The van der Waals surface area contributed by atoms with Crippen molar-refractivity contribution in [3.8, 4) is 0 Å². The van der Waals surface area contributed by atoms with Crippen LogP contribution in [0.5, 0.6) is 0 Å². The van der Waals surface area contributed by atoms with Crippen molar-refractivity contribution >= 4 is 27.5 Å². The summed E-state index contributed by atoms with van der Waals surface area (Å²) in [5.41, 5.74) is 0. The molecule has 8 heteroatoms. The van der Waals surface area contributed by atoms with Crippen LogP contribution in [0.25, 0.3) is 0 Å². The molecule has 1 aliphatic heterocycles. The largest absolute Gasteiger partial charge is 0.447 e. The molecule has 100 valence electrons. The van der Waals surface area contributed by atoms with Crippen LogP contribution in [0.1, 0.15) is 6.92 Å². The molecule has 1 rings (SSSR count). The van der Waals surface area contributed by atoms with Crippen LogP contribution >= 0.6 is 11.6 Å². The Hall–Kier alpha value is -0.530. The average molecular weight is 286 g/mol. The molecule has 1 N–H and O–H groups in total. The van der Waals surface area contributed by atoms with Crippen LogP contribution in [-0.4, -0.2) is 57.3 Å². The quantitative estimate of drug-likeness (QED) is 0.574. The molecule has 1 amide bonds. The van der Waals surface area contributed by atoms with Gasteiger partial charge in [0, 0.05) is 6.61 Å². The van der Waals surface area contributed by atoms with Gasteiger partial charge in [-0.25, -0.2) is 13.2 Å². The van der Waals surface area contributed by atoms with E-state index in [9.17, 15) is 13.2 Å². The van der Waals surface area contributed by atoms with Crippen molar-refractivity contribution in [2.75, 3.05) is 31.3 Å². The van der Waals surface area contributed by atoms with Gasteiger partial charge in [0.05, 0.1) is 29.5 Å². The number of alkyl carbamates (subject to hydrolysis) is 1. The third kappa shape index (κ3) is 5.10. The van der Waals surface area contributed by atoms with Crippen LogP contribution in [-0.2, 0) is 19.3 Å². The van der Waals surface area contributed by atoms with E-state index >= 15 is 0 Å². The molecule has 0 aromatic heterocycles. The molecule has 0 saturated carbocycles. The van der Waals surface area contributed by atoms with Gasteiger partial charge in [-0.2, -0.15) is 0 Å². The van der Waals surface area contributed by atoms with Crippen LogP contribution < -0.4 is 5.32 Å². The number of ether oxygens (including phenoxy) is 2. The van der Waals surface area contributed by atoms with Crippen molar-refractivity contribution in [3.63, 3.8) is 0 Å². The van der Waals surface area contributed by atoms with Crippen molar-refractivity contribution in [1.82, 2.24) is 5.32 Å². The topological polar surface area (TPSA) is 81.7 Å². The number of nitrogens with one attached hydrogen (secondary N) is 1. The SMILES string of the molecule is CCOCCOC(=O)NC1CS(=O)(=O)CC1Cl. The predicted octanol–water partition coefficient (Wildman–Crippen LogP) is 0.154. The maximum atomic E-state index is 11.3. The van der Waals surface area contributed by atoms with Crippen molar-refractivity contribution in [3.05, 3.63) is 0 Å². The van der Waals surface area contributed by atoms with Gasteiger partial charge in [-0.1, -0.05) is 0 Å². The van der Waals surface area contributed by atoms with E-state index in [4.69, 9.17) is 21.1 Å². The number of hydrogen-bond donors (Lipinski definition) is 1. The first-order valence-electron chi connectivity index (χ1n) is 5.30. The summed E-state index contributed by atoms with van der Waals surface area (Å²) in [4.78, 5) is 11.3. The molecular weight excluding hydrogens is 270 g/mol. The number of amides is 1. The lowest BCUT2D eigenvalue weighted by Gasteiger charge is -2.14. The normalized spacial score (nSPS) is 26.7. The second kappa shape index (κ2) is 6.42. The molecule has 0 radical (unpaired) electrons. The zero-order valence-electron chi connectivity index (χ0n) is 9.52. The van der Waals surface area contributed by atoms with Crippen LogP contribution in [0.4, 0.5) is 4.79 Å². The Balaban J connectivity index is 2.27. The second-order valence-electron chi connectivity index (χ2n) is 3.68. The minimum atomic E-state index is -3.15. The molecule has 2 atom stereocenters. The maximum absolute atomic E-state index is 11.3. The van der Waals surface area contributed by atoms with E-state index < -0.39 is 27.3 Å². The highest BCUT2D eigenvalue weighted by Crippen LogP contribution is 2.17. The Morgan fingerprint density at radius 2 is 2.12 bits per heavy atom. The maximum Gasteiger partial charge on any atom is 0.407 e. The van der Waals surface area contributed by atoms with Gasteiger partial charge < -0.3 is 14.8 Å². The first-order valence-corrected chi connectivity index (χ1v) is 7.56. The first kappa shape index (κ1) is 14.5. The van der Waals surface area contributed by atoms with Gasteiger partial charge >= 0.3 is 6.09 Å². The molecule has 0 aromatic carbocycles. The van der Waals surface area contributed by atoms with Gasteiger partial charge in [0.1, 0.15) is 6.61 Å². The lowest BCUT2D eigenvalue weighted by atomic mass is 10.3. The van der Waals surface area contributed by atoms with Gasteiger partial charge in [0.2, 0.25) is 0 Å². The standard InChI is InChI=1S/C9H16ClNO5S/c1-2-15-3-4-16-9(12)11-8-6-17(13,14)5-7(8)10/h7-8H,2-6H2,1H3,(H,11,12). The second-order valence-corrected chi connectivity index (χ2v) is 6.39. The van der Waals surface area contributed by atoms with Crippen molar-refractivity contribution in [1.29, 1.82) is 0 Å². The Labute approximate surface area is 106 Å². The highest BCUT2D eigenvalue weighted by Gasteiger charge is 2.37. The van der Waals surface area contributed by atoms with E-state index in [-0.39, 0.29) is 18.1 Å². The fourth-order valence-corrected chi connectivity index (χ4v) is 4.02. The van der Waals surface area contributed by atoms with Crippen molar-refractivity contribution in [2.24, 2.45) is 0 Å². The lowest BCUT2D eigenvalue weighted by Crippen LogP contribution is -2.41. The highest BCUT2D eigenvalue weighted by molar-refractivity contribution is 7.91. The van der Waals surface area contributed by atoms with Crippen LogP contribution in [0.2, 0.25) is 0 Å². The zero-order valence-corrected chi connectivity index (χ0v) is 11.1. The van der Waals surface area contributed by atoms with Crippen molar-refractivity contribution < 1.29 is 22.7 Å². The summed E-state index contributed by atoms with van der Waals surface area (Å²) in [6.45, 7) is 2.83. The third-order valence-electron chi connectivity index (χ3n) is 2.25. The summed E-state index contributed by atoms with van der Waals surface area (Å²) in [5.74, 6) is -0.250. The van der Waals surface area contributed by atoms with Gasteiger partial charge in [0.15, 0.2) is 9.84 Å². The van der Waals surface area contributed by atoms with E-state index in [0.717, 1.165) is 0 Å². The van der Waals surface area contributed by atoms with E-state index in [1.807, 2.05) is 6.92 Å². The summed E-state index contributed by atoms with van der Waals surface area (Å²) in [6.07, 6.45) is -0.669. The highest BCUT2D eigenvalue weighted by atomic mass is 35.5. The fraction of sp³-hybridized carbons (Fsp3) is 0.889. The number of carbonyl (C=O) groups excluding carboxylic acids is 1. The number of carbonyl (C=O) groups is 1. The molecular formula is C9H16ClNO5S. The van der Waals surface area contributed by atoms with E-state index in [2.05, 4.69) is 5.32 Å². The van der Waals surface area contributed by atoms with Gasteiger partial charge in [-0.15, -0.1) is 11.6 Å². The molecule has 1 heterocycles. The number of rotatable bonds is 5. The first-order chi connectivity index (χ1) is 7.94. The van der Waals surface area contributed by atoms with Gasteiger partial charge in [-0.05, 0) is 6.92 Å². The van der Waals surface area contributed by atoms with E-state index in [1.165, 1.54) is 0 Å². The smallest absolute Gasteiger partial charge is 0.407 e. The molecule has 1 aliphatic rings. The number of hydrogen-bond acceptors (Lipinski definition) is 5. The molecule has 2 unspecified atom stereocenters. The fourth-order valence-electron chi connectivity index (χ4n) is 1.47. The molecule has 17 heavy (non-hydrogen) atoms. The lowest BCUT2D eigenvalue weighted by molar-refractivity contribution is 0.0778. The monoisotopic (exact) mass is 285 g/mol. The van der Waals surface area contributed by atoms with Crippen LogP contribution in [0.3, 0.4) is 0 Å². The predicted molar refractivity (Wildman–Crippen MR) is 63.1 cm³/mol. The summed E-state index contributed by atoms with van der Waals surface area (Å²) in [7, 11) is -3.15. The Kier molecular flexibility index (Phi) is 5.48. The Morgan fingerprint density at radius 3 is 2.65 bits per heavy atom. The van der Waals surface area contributed by atoms with Crippen molar-refractivity contribution in [2.45, 2.75) is 18.3 Å². The Bertz CT molecular complexity index is 358. The number of halogens is 1. The summed E-state index contributed by atoms with van der Waals surface area (Å²) in [6, 6.07) is -0.582.